The molecule has 1 aromatic carbocycles. The Morgan fingerprint density at radius 1 is 1.16 bits per heavy atom. The standard InChI is InChI=1S/C16H27NO2/c1-15(2,3)13-11-12(7-8-14(13)19-6)17-16(4,5)9-10-18/h7-8,11,17-18H,9-10H2,1-6H3. The minimum atomic E-state index is -0.126. The fraction of sp³-hybridized carbons (Fsp3) is 0.625. The van der Waals surface area contributed by atoms with Crippen LogP contribution in [0.2, 0.25) is 0 Å². The highest BCUT2D eigenvalue weighted by molar-refractivity contribution is 5.54. The van der Waals surface area contributed by atoms with Gasteiger partial charge in [0, 0.05) is 23.4 Å². The van der Waals surface area contributed by atoms with Crippen molar-refractivity contribution in [1.29, 1.82) is 0 Å². The minimum Gasteiger partial charge on any atom is -0.496 e. The fourth-order valence-corrected chi connectivity index (χ4v) is 2.10. The maximum Gasteiger partial charge on any atom is 0.122 e. The van der Waals surface area contributed by atoms with Gasteiger partial charge < -0.3 is 15.2 Å². The molecule has 19 heavy (non-hydrogen) atoms. The van der Waals surface area contributed by atoms with E-state index in [9.17, 15) is 0 Å². The van der Waals surface area contributed by atoms with Gasteiger partial charge in [-0.25, -0.2) is 0 Å². The van der Waals surface area contributed by atoms with E-state index in [4.69, 9.17) is 9.84 Å². The van der Waals surface area contributed by atoms with Gasteiger partial charge in [0.15, 0.2) is 0 Å². The van der Waals surface area contributed by atoms with Crippen LogP contribution in [0.25, 0.3) is 0 Å². The Morgan fingerprint density at radius 2 is 1.79 bits per heavy atom. The van der Waals surface area contributed by atoms with Crippen molar-refractivity contribution < 1.29 is 9.84 Å². The van der Waals surface area contributed by atoms with E-state index in [1.54, 1.807) is 7.11 Å². The van der Waals surface area contributed by atoms with Gasteiger partial charge in [0.25, 0.3) is 0 Å². The van der Waals surface area contributed by atoms with Gasteiger partial charge in [-0.2, -0.15) is 0 Å². The lowest BCUT2D eigenvalue weighted by atomic mass is 9.86. The molecule has 1 aromatic rings. The summed E-state index contributed by atoms with van der Waals surface area (Å²) < 4.78 is 5.44. The number of aliphatic hydroxyl groups is 1. The van der Waals surface area contributed by atoms with Crippen LogP contribution in [0, 0.1) is 0 Å². The summed E-state index contributed by atoms with van der Waals surface area (Å²) in [5.74, 6) is 0.915. The number of methoxy groups -OCH3 is 1. The molecule has 0 amide bonds. The first-order valence-corrected chi connectivity index (χ1v) is 6.77. The highest BCUT2D eigenvalue weighted by Crippen LogP contribution is 2.34. The third-order valence-corrected chi connectivity index (χ3v) is 3.23. The Bertz CT molecular complexity index is 419. The van der Waals surface area contributed by atoms with E-state index >= 15 is 0 Å². The Balaban J connectivity index is 3.06. The molecule has 3 nitrogen and oxygen atoms in total. The van der Waals surface area contributed by atoms with Crippen LogP contribution in [0.1, 0.15) is 46.6 Å². The summed E-state index contributed by atoms with van der Waals surface area (Å²) in [5.41, 5.74) is 2.15. The van der Waals surface area contributed by atoms with Crippen LogP contribution in [0.15, 0.2) is 18.2 Å². The maximum atomic E-state index is 9.09. The van der Waals surface area contributed by atoms with E-state index < -0.39 is 0 Å². The van der Waals surface area contributed by atoms with E-state index in [1.807, 2.05) is 12.1 Å². The molecule has 0 radical (unpaired) electrons. The number of ether oxygens (including phenoxy) is 1. The summed E-state index contributed by atoms with van der Waals surface area (Å²) in [7, 11) is 1.70. The van der Waals surface area contributed by atoms with E-state index in [-0.39, 0.29) is 17.6 Å². The summed E-state index contributed by atoms with van der Waals surface area (Å²) >= 11 is 0. The first kappa shape index (κ1) is 15.8. The van der Waals surface area contributed by atoms with Gasteiger partial charge in [-0.05, 0) is 43.9 Å². The third kappa shape index (κ3) is 4.43. The van der Waals surface area contributed by atoms with Crippen molar-refractivity contribution >= 4 is 5.69 Å². The SMILES string of the molecule is COc1ccc(NC(C)(C)CCO)cc1C(C)(C)C. The average molecular weight is 265 g/mol. The predicted molar refractivity (Wildman–Crippen MR) is 81.1 cm³/mol. The van der Waals surface area contributed by atoms with Crippen molar-refractivity contribution in [2.45, 2.75) is 52.0 Å². The average Bonchev–Trinajstić information content (AvgIpc) is 2.27. The first-order chi connectivity index (χ1) is 8.69. The van der Waals surface area contributed by atoms with E-state index in [0.29, 0.717) is 6.42 Å². The van der Waals surface area contributed by atoms with Gasteiger partial charge in [-0.3, -0.25) is 0 Å². The summed E-state index contributed by atoms with van der Waals surface area (Å²) in [6.45, 7) is 10.9. The molecule has 0 heterocycles. The van der Waals surface area contributed by atoms with Gasteiger partial charge in [-0.15, -0.1) is 0 Å². The minimum absolute atomic E-state index is 0.0319. The molecule has 3 heteroatoms. The van der Waals surface area contributed by atoms with Gasteiger partial charge >= 0.3 is 0 Å². The van der Waals surface area contributed by atoms with Crippen LogP contribution in [-0.4, -0.2) is 24.4 Å². The molecule has 108 valence electrons. The summed E-state index contributed by atoms with van der Waals surface area (Å²) in [4.78, 5) is 0. The second-order valence-electron chi connectivity index (χ2n) is 6.65. The van der Waals surface area contributed by atoms with Gasteiger partial charge in [0.05, 0.1) is 7.11 Å². The second-order valence-corrected chi connectivity index (χ2v) is 6.65. The van der Waals surface area contributed by atoms with Crippen molar-refractivity contribution in [3.05, 3.63) is 23.8 Å². The molecule has 0 fully saturated rings. The number of aliphatic hydroxyl groups excluding tert-OH is 1. The van der Waals surface area contributed by atoms with E-state index in [0.717, 1.165) is 11.4 Å². The van der Waals surface area contributed by atoms with Crippen LogP contribution in [0.3, 0.4) is 0 Å². The Hall–Kier alpha value is -1.22. The Morgan fingerprint density at radius 3 is 2.26 bits per heavy atom. The molecule has 0 unspecified atom stereocenters. The van der Waals surface area contributed by atoms with Crippen LogP contribution >= 0.6 is 0 Å². The molecule has 0 bridgehead atoms. The summed E-state index contributed by atoms with van der Waals surface area (Å²) in [5, 5.41) is 12.6. The zero-order valence-electron chi connectivity index (χ0n) is 13.0. The normalized spacial score (nSPS) is 12.4. The second kappa shape index (κ2) is 5.83. The predicted octanol–water partition coefficient (Wildman–Crippen LogP) is 3.57. The molecule has 0 atom stereocenters. The zero-order chi connectivity index (χ0) is 14.7. The molecule has 0 aliphatic carbocycles. The molecule has 0 aliphatic rings. The number of benzene rings is 1. The molecular formula is C16H27NO2. The van der Waals surface area contributed by atoms with E-state index in [2.05, 4.69) is 46.0 Å². The van der Waals surface area contributed by atoms with E-state index in [1.165, 1.54) is 5.56 Å². The van der Waals surface area contributed by atoms with Crippen molar-refractivity contribution in [1.82, 2.24) is 0 Å². The smallest absolute Gasteiger partial charge is 0.122 e. The first-order valence-electron chi connectivity index (χ1n) is 6.77. The number of anilines is 1. The quantitative estimate of drug-likeness (QED) is 0.855. The Kier molecular flexibility index (Phi) is 4.86. The van der Waals surface area contributed by atoms with Crippen LogP contribution in [0.4, 0.5) is 5.69 Å². The molecular weight excluding hydrogens is 238 g/mol. The third-order valence-electron chi connectivity index (χ3n) is 3.23. The molecule has 0 saturated carbocycles. The highest BCUT2D eigenvalue weighted by atomic mass is 16.5. The van der Waals surface area contributed by atoms with Crippen LogP contribution in [0.5, 0.6) is 5.75 Å². The van der Waals surface area contributed by atoms with Gasteiger partial charge in [-0.1, -0.05) is 20.8 Å². The van der Waals surface area contributed by atoms with Crippen LogP contribution in [-0.2, 0) is 5.41 Å². The molecule has 0 saturated heterocycles. The number of rotatable bonds is 5. The summed E-state index contributed by atoms with van der Waals surface area (Å²) in [6.07, 6.45) is 0.712. The monoisotopic (exact) mass is 265 g/mol. The van der Waals surface area contributed by atoms with Crippen molar-refractivity contribution in [2.24, 2.45) is 0 Å². The number of hydrogen-bond acceptors (Lipinski definition) is 3. The number of nitrogens with one attached hydrogen (secondary N) is 1. The maximum absolute atomic E-state index is 9.09. The molecule has 0 aliphatic heterocycles. The zero-order valence-corrected chi connectivity index (χ0v) is 13.0. The molecule has 0 aromatic heterocycles. The van der Waals surface area contributed by atoms with Crippen molar-refractivity contribution in [2.75, 3.05) is 19.0 Å². The lowest BCUT2D eigenvalue weighted by Crippen LogP contribution is -2.32. The largest absolute Gasteiger partial charge is 0.496 e. The molecule has 2 N–H and O–H groups in total. The van der Waals surface area contributed by atoms with Crippen molar-refractivity contribution in [3.8, 4) is 5.75 Å². The number of hydrogen-bond donors (Lipinski definition) is 2. The van der Waals surface area contributed by atoms with Crippen LogP contribution < -0.4 is 10.1 Å². The summed E-state index contributed by atoms with van der Waals surface area (Å²) in [6, 6.07) is 6.16. The lowest BCUT2D eigenvalue weighted by Gasteiger charge is -2.29. The molecule has 0 spiro atoms. The Labute approximate surface area is 117 Å². The lowest BCUT2D eigenvalue weighted by molar-refractivity contribution is 0.261. The fourth-order valence-electron chi connectivity index (χ4n) is 2.10. The van der Waals surface area contributed by atoms with Gasteiger partial charge in [0.2, 0.25) is 0 Å². The van der Waals surface area contributed by atoms with Gasteiger partial charge in [0.1, 0.15) is 5.75 Å². The molecule has 1 rings (SSSR count). The van der Waals surface area contributed by atoms with Crippen molar-refractivity contribution in [3.63, 3.8) is 0 Å². The topological polar surface area (TPSA) is 41.5 Å². The highest BCUT2D eigenvalue weighted by Gasteiger charge is 2.21.